The molecule has 65 heavy (non-hydrogen) atoms. The van der Waals surface area contributed by atoms with Crippen molar-refractivity contribution in [3.8, 4) is 11.5 Å². The van der Waals surface area contributed by atoms with Gasteiger partial charge in [0.15, 0.2) is 0 Å². The summed E-state index contributed by atoms with van der Waals surface area (Å²) in [6.07, 6.45) is 11.0. The van der Waals surface area contributed by atoms with E-state index in [0.717, 1.165) is 5.69 Å². The number of carbonyl (C=O) groups excluding carboxylic acids is 4. The largest absolute Gasteiger partial charge is 0.494 e. The summed E-state index contributed by atoms with van der Waals surface area (Å²) >= 11 is 0. The minimum absolute atomic E-state index is 0.0799. The zero-order chi connectivity index (χ0) is 46.8. The van der Waals surface area contributed by atoms with Crippen LogP contribution in [0.25, 0.3) is 22.1 Å². The zero-order valence-corrected chi connectivity index (χ0v) is 36.7. The number of hydrogen-bond donors (Lipinski definition) is 6. The molecule has 4 aromatic heterocycles. The number of hydrogen-bond acceptors (Lipinski definition) is 14. The summed E-state index contributed by atoms with van der Waals surface area (Å²) in [6.45, 7) is 9.17. The van der Waals surface area contributed by atoms with Crippen LogP contribution in [-0.4, -0.2) is 100 Å². The molecule has 0 saturated carbocycles. The molecule has 0 bridgehead atoms. The van der Waals surface area contributed by atoms with Gasteiger partial charge < -0.3 is 41.5 Å². The van der Waals surface area contributed by atoms with E-state index in [2.05, 4.69) is 36.0 Å². The number of aryl methyl sites for hydroxylation is 2. The molecule has 0 spiro atoms. The minimum atomic E-state index is -0.711. The SMILES string of the molecule is CCN=C(/C=C(/C)N)C(=O)Nc1nc2cc(C(N)=O)cc(OC/C=C/Cc3cn(CCN)nn3)c2n1C/C=C/Cn1c(NC(=O)c2cc(C)nn2CC)nc2cc(C(N)=O)cc(OC)c21. The third kappa shape index (κ3) is 10.9. The average molecular weight is 889 g/mol. The van der Waals surface area contributed by atoms with Gasteiger partial charge in [-0.3, -0.25) is 44.2 Å². The van der Waals surface area contributed by atoms with Crippen LogP contribution in [0.5, 0.6) is 11.5 Å². The molecule has 0 radical (unpaired) electrons. The monoisotopic (exact) mass is 888 g/mol. The Morgan fingerprint density at radius 3 is 2.06 bits per heavy atom. The van der Waals surface area contributed by atoms with Crippen molar-refractivity contribution >= 4 is 63.3 Å². The van der Waals surface area contributed by atoms with Crippen LogP contribution in [0.3, 0.4) is 0 Å². The van der Waals surface area contributed by atoms with E-state index in [1.807, 2.05) is 31.3 Å². The van der Waals surface area contributed by atoms with Crippen molar-refractivity contribution in [1.29, 1.82) is 0 Å². The predicted molar refractivity (Wildman–Crippen MR) is 245 cm³/mol. The predicted octanol–water partition coefficient (Wildman–Crippen LogP) is 2.62. The number of aromatic nitrogens is 9. The second kappa shape index (κ2) is 20.8. The Morgan fingerprint density at radius 1 is 0.846 bits per heavy atom. The second-order valence-electron chi connectivity index (χ2n) is 14.6. The molecule has 22 heteroatoms. The van der Waals surface area contributed by atoms with Crippen molar-refractivity contribution < 1.29 is 28.7 Å². The molecule has 4 heterocycles. The molecule has 0 saturated heterocycles. The number of rotatable bonds is 21. The minimum Gasteiger partial charge on any atom is -0.494 e. The van der Waals surface area contributed by atoms with E-state index < -0.39 is 23.6 Å². The molecule has 0 atom stereocenters. The van der Waals surface area contributed by atoms with Crippen LogP contribution >= 0.6 is 0 Å². The molecular weight excluding hydrogens is 837 g/mol. The Labute approximate surface area is 373 Å². The Kier molecular flexibility index (Phi) is 14.9. The van der Waals surface area contributed by atoms with Gasteiger partial charge in [-0.15, -0.1) is 5.10 Å². The van der Waals surface area contributed by atoms with Gasteiger partial charge in [0, 0.05) is 62.2 Å². The highest BCUT2D eigenvalue weighted by Crippen LogP contribution is 2.33. The van der Waals surface area contributed by atoms with E-state index in [4.69, 9.17) is 37.4 Å². The highest BCUT2D eigenvalue weighted by Gasteiger charge is 2.23. The van der Waals surface area contributed by atoms with Gasteiger partial charge in [-0.1, -0.05) is 29.5 Å². The van der Waals surface area contributed by atoms with E-state index >= 15 is 0 Å². The van der Waals surface area contributed by atoms with E-state index in [1.54, 1.807) is 51.4 Å². The molecule has 6 rings (SSSR count). The number of anilines is 2. The lowest BCUT2D eigenvalue weighted by atomic mass is 10.1. The molecule has 0 unspecified atom stereocenters. The van der Waals surface area contributed by atoms with Crippen molar-refractivity contribution in [1.82, 2.24) is 43.9 Å². The number of primary amides is 2. The van der Waals surface area contributed by atoms with Crippen molar-refractivity contribution in [3.63, 3.8) is 0 Å². The Balaban J connectivity index is 1.38. The molecular formula is C43H52N16O6. The standard InChI is InChI=1S/C43H52N16O6/c1-6-48-32(18-25(3)45)40(62)51-42-50-31-21-28(39(47)61)23-35(65-17-11-8-12-29-24-56(16-13-44)55-53-29)37(31)58(42)15-10-9-14-57-36-30(20-27(38(46)60)22-34(36)64-5)49-43(57)52-41(63)33-19-26(4)54-59(33)7-2/h8-11,18-24H,6-7,12-17,44-45H2,1-5H3,(H2,46,60)(H2,47,61)(H,49,52,63)(H,50,51,62)/b10-9+,11-8+,25-18-,48-32?. The molecule has 0 aliphatic carbocycles. The molecule has 340 valence electrons. The third-order valence-corrected chi connectivity index (χ3v) is 9.73. The first-order valence-corrected chi connectivity index (χ1v) is 20.6. The van der Waals surface area contributed by atoms with E-state index in [0.29, 0.717) is 77.5 Å². The lowest BCUT2D eigenvalue weighted by molar-refractivity contribution is -0.110. The first-order valence-electron chi connectivity index (χ1n) is 20.6. The fourth-order valence-corrected chi connectivity index (χ4v) is 6.87. The van der Waals surface area contributed by atoms with Gasteiger partial charge in [-0.25, -0.2) is 9.97 Å². The molecule has 0 fully saturated rings. The number of fused-ring (bicyclic) bond motifs is 2. The quantitative estimate of drug-likeness (QED) is 0.0448. The lowest BCUT2D eigenvalue weighted by Crippen LogP contribution is -2.24. The van der Waals surface area contributed by atoms with E-state index in [1.165, 1.54) is 37.5 Å². The summed E-state index contributed by atoms with van der Waals surface area (Å²) in [6, 6.07) is 7.72. The van der Waals surface area contributed by atoms with Gasteiger partial charge >= 0.3 is 0 Å². The van der Waals surface area contributed by atoms with Gasteiger partial charge in [-0.2, -0.15) is 5.10 Å². The highest BCUT2D eigenvalue weighted by molar-refractivity contribution is 6.47. The maximum absolute atomic E-state index is 13.7. The first kappa shape index (κ1) is 46.4. The number of carbonyl (C=O) groups is 4. The number of allylic oxidation sites excluding steroid dienone is 4. The average Bonchev–Trinajstić information content (AvgIpc) is 4.05. The van der Waals surface area contributed by atoms with Crippen LogP contribution < -0.4 is 43.0 Å². The number of nitrogens with zero attached hydrogens (tertiary/aromatic N) is 10. The van der Waals surface area contributed by atoms with Crippen LogP contribution in [0.2, 0.25) is 0 Å². The van der Waals surface area contributed by atoms with Crippen molar-refractivity contribution in [2.24, 2.45) is 27.9 Å². The van der Waals surface area contributed by atoms with E-state index in [9.17, 15) is 19.2 Å². The summed E-state index contributed by atoms with van der Waals surface area (Å²) in [4.78, 5) is 65.9. The topological polar surface area (TPSA) is 311 Å². The van der Waals surface area contributed by atoms with Crippen LogP contribution in [-0.2, 0) is 37.4 Å². The molecule has 4 amide bonds. The van der Waals surface area contributed by atoms with Gasteiger partial charge in [0.25, 0.3) is 11.8 Å². The number of imidazole rings is 2. The fourth-order valence-electron chi connectivity index (χ4n) is 6.87. The summed E-state index contributed by atoms with van der Waals surface area (Å²) < 4.78 is 18.6. The zero-order valence-electron chi connectivity index (χ0n) is 36.7. The lowest BCUT2D eigenvalue weighted by Gasteiger charge is -2.13. The number of benzene rings is 2. The maximum Gasteiger partial charge on any atom is 0.276 e. The van der Waals surface area contributed by atoms with Crippen LogP contribution in [0.4, 0.5) is 11.9 Å². The van der Waals surface area contributed by atoms with Crippen molar-refractivity contribution in [2.75, 3.05) is 37.4 Å². The van der Waals surface area contributed by atoms with E-state index in [-0.39, 0.29) is 54.2 Å². The fraction of sp³-hybridized carbons (Fsp3) is 0.302. The number of amides is 4. The Bertz CT molecular complexity index is 2870. The molecule has 10 N–H and O–H groups in total. The highest BCUT2D eigenvalue weighted by atomic mass is 16.5. The van der Waals surface area contributed by atoms with Crippen LogP contribution in [0.15, 0.2) is 77.6 Å². The summed E-state index contributed by atoms with van der Waals surface area (Å²) in [5, 5.41) is 18.4. The van der Waals surface area contributed by atoms with Crippen LogP contribution in [0.1, 0.15) is 63.4 Å². The number of nitrogens with two attached hydrogens (primary N) is 4. The van der Waals surface area contributed by atoms with Gasteiger partial charge in [0.1, 0.15) is 40.5 Å². The summed E-state index contributed by atoms with van der Waals surface area (Å²) in [5.41, 5.74) is 27.0. The number of methoxy groups -OCH3 is 1. The Hall–Kier alpha value is -8.14. The smallest absolute Gasteiger partial charge is 0.276 e. The second-order valence-corrected chi connectivity index (χ2v) is 14.6. The van der Waals surface area contributed by atoms with Crippen molar-refractivity contribution in [3.05, 3.63) is 101 Å². The maximum atomic E-state index is 13.7. The van der Waals surface area contributed by atoms with Gasteiger partial charge in [0.2, 0.25) is 23.7 Å². The molecule has 0 aliphatic heterocycles. The van der Waals surface area contributed by atoms with Gasteiger partial charge in [-0.05, 0) is 64.1 Å². The normalized spacial score (nSPS) is 12.2. The number of aliphatic imine (C=N–C) groups is 1. The summed E-state index contributed by atoms with van der Waals surface area (Å²) in [7, 11) is 1.45. The number of nitrogens with one attached hydrogen (secondary N) is 2. The first-order chi connectivity index (χ1) is 31.2. The molecule has 22 nitrogen and oxygen atoms in total. The van der Waals surface area contributed by atoms with Crippen molar-refractivity contribution in [2.45, 2.75) is 60.3 Å². The van der Waals surface area contributed by atoms with Crippen LogP contribution in [0, 0.1) is 6.92 Å². The third-order valence-electron chi connectivity index (χ3n) is 9.73. The molecule has 6 aromatic rings. The molecule has 2 aromatic carbocycles. The summed E-state index contributed by atoms with van der Waals surface area (Å²) in [5.74, 6) is -1.60. The Morgan fingerprint density at radius 2 is 1.48 bits per heavy atom. The molecule has 0 aliphatic rings. The van der Waals surface area contributed by atoms with Gasteiger partial charge in [0.05, 0.1) is 36.1 Å². The number of ether oxygens (including phenoxy) is 2.